The van der Waals surface area contributed by atoms with Gasteiger partial charge in [0, 0.05) is 43.6 Å². The Hall–Kier alpha value is -1.55. The lowest BCUT2D eigenvalue weighted by Crippen LogP contribution is -2.46. The van der Waals surface area contributed by atoms with Gasteiger partial charge in [0.15, 0.2) is 11.5 Å². The number of carbonyl (C=O) groups is 1. The molecule has 2 aliphatic heterocycles. The molecule has 0 radical (unpaired) electrons. The Morgan fingerprint density at radius 3 is 2.83 bits per heavy atom. The van der Waals surface area contributed by atoms with Crippen LogP contribution in [0, 0.1) is 11.8 Å². The van der Waals surface area contributed by atoms with Crippen LogP contribution in [-0.4, -0.2) is 37.8 Å². The zero-order chi connectivity index (χ0) is 30.6. The van der Waals surface area contributed by atoms with Gasteiger partial charge < -0.3 is 9.47 Å². The first kappa shape index (κ1) is 5.76. The number of benzene rings is 1. The highest BCUT2D eigenvalue weighted by molar-refractivity contribution is 5.83. The van der Waals surface area contributed by atoms with E-state index in [2.05, 4.69) is 0 Å². The summed E-state index contributed by atoms with van der Waals surface area (Å²) in [5, 5.41) is 0. The minimum Gasteiger partial charge on any atom is -0.493 e. The molecule has 0 amide bonds. The lowest BCUT2D eigenvalue weighted by molar-refractivity contribution is -0.129. The summed E-state index contributed by atoms with van der Waals surface area (Å²) in [5.74, 6) is -7.09. The van der Waals surface area contributed by atoms with E-state index in [0.717, 1.165) is 0 Å². The minimum atomic E-state index is -3.62. The van der Waals surface area contributed by atoms with Gasteiger partial charge in [-0.25, -0.2) is 0 Å². The van der Waals surface area contributed by atoms with Crippen LogP contribution in [0.5, 0.6) is 11.5 Å². The predicted octanol–water partition coefficient (Wildman–Crippen LogP) is 3.24. The van der Waals surface area contributed by atoms with Crippen LogP contribution in [-0.2, 0) is 11.2 Å². The maximum Gasteiger partial charge on any atom is 0.161 e. The number of nitrogens with zero attached hydrogens (tertiary/aromatic N) is 1. The number of Topliss-reactive ketones (excluding diaryl/α,β-unsaturated/α-hetero) is 1. The number of fused-ring (bicyclic) bond motifs is 3. The molecule has 1 saturated heterocycles. The lowest BCUT2D eigenvalue weighted by Gasteiger charge is -2.43. The van der Waals surface area contributed by atoms with Crippen molar-refractivity contribution in [2.75, 3.05) is 27.1 Å². The Morgan fingerprint density at radius 2 is 2.13 bits per heavy atom. The molecule has 1 fully saturated rings. The highest BCUT2D eigenvalue weighted by atomic mass is 16.5. The van der Waals surface area contributed by atoms with Crippen LogP contribution in [0.4, 0.5) is 0 Å². The Bertz CT molecular complexity index is 1180. The Balaban J connectivity index is 2.52. The number of piperidine rings is 1. The van der Waals surface area contributed by atoms with Crippen molar-refractivity contribution in [3.05, 3.63) is 23.3 Å². The molecule has 126 valence electrons. The van der Waals surface area contributed by atoms with Gasteiger partial charge in [0.1, 0.15) is 5.78 Å². The number of hydrogen-bond acceptors (Lipinski definition) is 4. The molecule has 1 aromatic carbocycles. The average molecular weight is 334 g/mol. The molecule has 3 rings (SSSR count). The first-order chi connectivity index (χ1) is 17.1. The van der Waals surface area contributed by atoms with E-state index in [1.54, 1.807) is 0 Å². The van der Waals surface area contributed by atoms with Crippen molar-refractivity contribution in [3.8, 4) is 11.5 Å². The lowest BCUT2D eigenvalue weighted by atomic mass is 9.80. The van der Waals surface area contributed by atoms with Crippen molar-refractivity contribution in [2.45, 2.75) is 39.0 Å². The van der Waals surface area contributed by atoms with Gasteiger partial charge in [0.05, 0.1) is 23.7 Å². The van der Waals surface area contributed by atoms with E-state index in [9.17, 15) is 4.79 Å². The number of carbonyl (C=O) groups excluding carboxylic acids is 1. The van der Waals surface area contributed by atoms with Crippen LogP contribution in [0.1, 0.15) is 65.7 Å². The molecule has 2 aliphatic rings. The van der Waals surface area contributed by atoms with E-state index in [1.165, 1.54) is 13.8 Å². The van der Waals surface area contributed by atoms with Crippen LogP contribution < -0.4 is 9.47 Å². The van der Waals surface area contributed by atoms with E-state index in [0.29, 0.717) is 12.1 Å². The summed E-state index contributed by atoms with van der Waals surface area (Å²) in [5.41, 5.74) is -1.81. The molecule has 0 spiro atoms. The number of ether oxygens (including phenoxy) is 2. The second-order valence-electron chi connectivity index (χ2n) is 5.61. The van der Waals surface area contributed by atoms with Crippen LogP contribution in [0.25, 0.3) is 0 Å². The fourth-order valence-corrected chi connectivity index (χ4v) is 2.43. The van der Waals surface area contributed by atoms with Crippen molar-refractivity contribution in [1.29, 1.82) is 0 Å². The van der Waals surface area contributed by atoms with E-state index >= 15 is 0 Å². The van der Waals surface area contributed by atoms with Gasteiger partial charge >= 0.3 is 0 Å². The average Bonchev–Trinajstić information content (AvgIpc) is 2.68. The Morgan fingerprint density at radius 1 is 1.39 bits per heavy atom. The summed E-state index contributed by atoms with van der Waals surface area (Å²) in [6.45, 7) is -4.06. The summed E-state index contributed by atoms with van der Waals surface area (Å²) in [6, 6.07) is -2.34. The molecular weight excluding hydrogens is 290 g/mol. The molecular formula is C19H27NO3. The van der Waals surface area contributed by atoms with E-state index < -0.39 is 92.5 Å². The molecule has 0 saturated carbocycles. The third-order valence-electron chi connectivity index (χ3n) is 3.45. The molecule has 2 unspecified atom stereocenters. The molecule has 4 nitrogen and oxygen atoms in total. The fourth-order valence-electron chi connectivity index (χ4n) is 2.43. The SMILES string of the molecule is [2H]C([2H])([2H])Oc1cc2c(cc1OC([2H])([2H])[2H])C1([2H])N(C([2H])([2H])C([2H])(CC(C)C)C(=O)C1([2H])[2H])C([2H])([2H])C2([2H])[2H]. The first-order valence-electron chi connectivity index (χ1n) is 15.0. The molecule has 1 aromatic rings. The van der Waals surface area contributed by atoms with E-state index in [4.69, 9.17) is 31.4 Å². The first-order valence-corrected chi connectivity index (χ1v) is 7.01. The molecule has 0 aromatic heterocycles. The van der Waals surface area contributed by atoms with Crippen molar-refractivity contribution < 1.29 is 36.2 Å². The van der Waals surface area contributed by atoms with Gasteiger partial charge in [-0.1, -0.05) is 13.8 Å². The maximum absolute atomic E-state index is 13.5. The zero-order valence-electron chi connectivity index (χ0n) is 28.6. The van der Waals surface area contributed by atoms with Gasteiger partial charge in [-0.2, -0.15) is 0 Å². The van der Waals surface area contributed by atoms with Gasteiger partial charge in [0.2, 0.25) is 0 Å². The molecule has 2 atom stereocenters. The summed E-state index contributed by atoms with van der Waals surface area (Å²) in [7, 11) is -6.50. The summed E-state index contributed by atoms with van der Waals surface area (Å²) in [6.07, 6.45) is -7.52. The zero-order valence-corrected chi connectivity index (χ0v) is 12.6. The molecule has 2 heterocycles. The van der Waals surface area contributed by atoms with Crippen LogP contribution in [0.15, 0.2) is 12.1 Å². The monoisotopic (exact) mass is 333 g/mol. The highest BCUT2D eigenvalue weighted by Gasteiger charge is 2.38. The normalized spacial score (nSPS) is 50.8. The predicted molar refractivity (Wildman–Crippen MR) is 90.1 cm³/mol. The highest BCUT2D eigenvalue weighted by Crippen LogP contribution is 2.42. The van der Waals surface area contributed by atoms with Crippen LogP contribution >= 0.6 is 0 Å². The largest absolute Gasteiger partial charge is 0.493 e. The summed E-state index contributed by atoms with van der Waals surface area (Å²) < 4.78 is 141. The van der Waals surface area contributed by atoms with Crippen LogP contribution in [0.2, 0.25) is 0 Å². The standard InChI is InChI=1S/C19H27NO3/c1-12(2)7-14-11-20-6-5-13-8-18(22-3)19(23-4)9-15(13)16(20)10-17(14)21/h8-9,12,14,16H,5-7,10-11H2,1-4H3/i3D3,4D3,5D2,6D2,10D2,11D2,14D,16D. The Kier molecular flexibility index (Phi) is 1.63. The molecule has 0 N–H and O–H groups in total. The van der Waals surface area contributed by atoms with E-state index in [1.807, 2.05) is 0 Å². The smallest absolute Gasteiger partial charge is 0.161 e. The van der Waals surface area contributed by atoms with Gasteiger partial charge in [-0.3, -0.25) is 9.69 Å². The Labute approximate surface area is 161 Å². The van der Waals surface area contributed by atoms with Gasteiger partial charge in [0.25, 0.3) is 0 Å². The number of aryl methyl sites for hydroxylation is 1. The third-order valence-corrected chi connectivity index (χ3v) is 3.45. The van der Waals surface area contributed by atoms with Crippen molar-refractivity contribution >= 4 is 5.78 Å². The summed E-state index contributed by atoms with van der Waals surface area (Å²) >= 11 is 0. The van der Waals surface area contributed by atoms with Crippen molar-refractivity contribution in [2.24, 2.45) is 11.8 Å². The second-order valence-corrected chi connectivity index (χ2v) is 5.61. The minimum absolute atomic E-state index is 0.129. The van der Waals surface area contributed by atoms with Gasteiger partial charge in [-0.15, -0.1) is 0 Å². The number of ketones is 1. The van der Waals surface area contributed by atoms with Crippen molar-refractivity contribution in [3.63, 3.8) is 0 Å². The topological polar surface area (TPSA) is 38.8 Å². The number of methoxy groups -OCH3 is 2. The second kappa shape index (κ2) is 6.52. The van der Waals surface area contributed by atoms with Crippen LogP contribution in [0.3, 0.4) is 0 Å². The maximum atomic E-state index is 13.5. The number of hydrogen-bond donors (Lipinski definition) is 0. The third kappa shape index (κ3) is 3.09. The van der Waals surface area contributed by atoms with Crippen molar-refractivity contribution in [1.82, 2.24) is 4.90 Å². The molecule has 0 bridgehead atoms. The molecule has 0 aliphatic carbocycles. The quantitative estimate of drug-likeness (QED) is 0.848. The number of rotatable bonds is 4. The van der Waals surface area contributed by atoms with Gasteiger partial charge in [-0.05, 0) is 42.0 Å². The summed E-state index contributed by atoms with van der Waals surface area (Å²) in [4.78, 5) is 13.4. The molecule has 4 heteroatoms. The molecule has 23 heavy (non-hydrogen) atoms. The fraction of sp³-hybridized carbons (Fsp3) is 0.632. The van der Waals surface area contributed by atoms with E-state index in [-0.39, 0.29) is 4.90 Å².